The number of rotatable bonds is 4. The molecule has 3 nitrogen and oxygen atoms in total. The van der Waals surface area contributed by atoms with Crippen molar-refractivity contribution in [3.63, 3.8) is 0 Å². The van der Waals surface area contributed by atoms with Crippen molar-refractivity contribution in [3.8, 4) is 0 Å². The summed E-state index contributed by atoms with van der Waals surface area (Å²) in [6, 6.07) is 9.89. The van der Waals surface area contributed by atoms with Gasteiger partial charge in [-0.05, 0) is 24.4 Å². The maximum atomic E-state index is 11.8. The van der Waals surface area contributed by atoms with Gasteiger partial charge in [-0.3, -0.25) is 4.79 Å². The Hall–Kier alpha value is -1.87. The van der Waals surface area contributed by atoms with Crippen molar-refractivity contribution in [1.29, 1.82) is 0 Å². The third-order valence-electron chi connectivity index (χ3n) is 2.80. The zero-order valence-corrected chi connectivity index (χ0v) is 9.86. The lowest BCUT2D eigenvalue weighted by Crippen LogP contribution is -2.26. The molecule has 0 aliphatic heterocycles. The summed E-state index contributed by atoms with van der Waals surface area (Å²) in [6.45, 7) is 6.25. The molecule has 0 saturated heterocycles. The molecular formula is C14H16N2O. The Morgan fingerprint density at radius 2 is 2.24 bits per heavy atom. The highest BCUT2D eigenvalue weighted by Crippen LogP contribution is 2.09. The van der Waals surface area contributed by atoms with E-state index in [4.69, 9.17) is 0 Å². The normalized spacial score (nSPS) is 12.5. The van der Waals surface area contributed by atoms with Crippen molar-refractivity contribution in [2.45, 2.75) is 19.5 Å². The Labute approximate surface area is 100 Å². The first kappa shape index (κ1) is 11.6. The van der Waals surface area contributed by atoms with Crippen LogP contribution in [0.15, 0.2) is 47.8 Å². The lowest BCUT2D eigenvalue weighted by Gasteiger charge is -2.09. The fourth-order valence-corrected chi connectivity index (χ4v) is 1.68. The van der Waals surface area contributed by atoms with Gasteiger partial charge >= 0.3 is 0 Å². The van der Waals surface area contributed by atoms with E-state index in [1.165, 1.54) is 0 Å². The predicted octanol–water partition coefficient (Wildman–Crippen LogP) is 2.19. The summed E-state index contributed by atoms with van der Waals surface area (Å²) >= 11 is 0. The van der Waals surface area contributed by atoms with Crippen molar-refractivity contribution in [2.24, 2.45) is 0 Å². The van der Waals surface area contributed by atoms with Gasteiger partial charge in [0.1, 0.15) is 0 Å². The topological polar surface area (TPSA) is 44.9 Å². The zero-order valence-electron chi connectivity index (χ0n) is 9.86. The van der Waals surface area contributed by atoms with E-state index in [0.717, 1.165) is 16.5 Å². The Morgan fingerprint density at radius 3 is 3.00 bits per heavy atom. The third-order valence-corrected chi connectivity index (χ3v) is 2.80. The van der Waals surface area contributed by atoms with Crippen molar-refractivity contribution < 1.29 is 0 Å². The van der Waals surface area contributed by atoms with Crippen LogP contribution in [0.2, 0.25) is 0 Å². The van der Waals surface area contributed by atoms with Crippen LogP contribution in [0.3, 0.4) is 0 Å². The molecule has 0 amide bonds. The number of benzene rings is 1. The van der Waals surface area contributed by atoms with E-state index in [0.29, 0.717) is 6.54 Å². The highest BCUT2D eigenvalue weighted by molar-refractivity contribution is 5.78. The van der Waals surface area contributed by atoms with Gasteiger partial charge in [0.25, 0.3) is 5.56 Å². The van der Waals surface area contributed by atoms with Gasteiger partial charge in [0.2, 0.25) is 0 Å². The SMILES string of the molecule is C=CC(C)NCc1cc2ccccc2[nH]c1=O. The molecule has 0 aliphatic carbocycles. The lowest BCUT2D eigenvalue weighted by molar-refractivity contribution is 0.631. The highest BCUT2D eigenvalue weighted by atomic mass is 16.1. The van der Waals surface area contributed by atoms with Crippen molar-refractivity contribution in [1.82, 2.24) is 10.3 Å². The number of aromatic nitrogens is 1. The van der Waals surface area contributed by atoms with Crippen LogP contribution in [0, 0.1) is 0 Å². The summed E-state index contributed by atoms with van der Waals surface area (Å²) in [5, 5.41) is 4.27. The van der Waals surface area contributed by atoms with Crippen LogP contribution in [0.25, 0.3) is 10.9 Å². The molecule has 1 unspecified atom stereocenters. The molecule has 0 saturated carbocycles. The maximum Gasteiger partial charge on any atom is 0.252 e. The summed E-state index contributed by atoms with van der Waals surface area (Å²) in [6.07, 6.45) is 1.81. The molecule has 3 heteroatoms. The molecule has 88 valence electrons. The first-order valence-corrected chi connectivity index (χ1v) is 5.67. The molecule has 1 aromatic heterocycles. The third kappa shape index (κ3) is 2.63. The molecular weight excluding hydrogens is 212 g/mol. The highest BCUT2D eigenvalue weighted by Gasteiger charge is 2.03. The second-order valence-corrected chi connectivity index (χ2v) is 4.12. The number of fused-ring (bicyclic) bond motifs is 1. The number of pyridine rings is 1. The first-order chi connectivity index (χ1) is 8.20. The Balaban J connectivity index is 2.31. The van der Waals surface area contributed by atoms with Gasteiger partial charge in [-0.1, -0.05) is 24.3 Å². The number of para-hydroxylation sites is 1. The van der Waals surface area contributed by atoms with E-state index < -0.39 is 0 Å². The number of nitrogens with one attached hydrogen (secondary N) is 2. The molecule has 0 bridgehead atoms. The van der Waals surface area contributed by atoms with Crippen molar-refractivity contribution in [3.05, 3.63) is 58.9 Å². The molecule has 17 heavy (non-hydrogen) atoms. The average molecular weight is 228 g/mol. The Kier molecular flexibility index (Phi) is 3.40. The molecule has 0 spiro atoms. The first-order valence-electron chi connectivity index (χ1n) is 5.67. The molecule has 2 N–H and O–H groups in total. The minimum absolute atomic E-state index is 0.0348. The van der Waals surface area contributed by atoms with Crippen molar-refractivity contribution >= 4 is 10.9 Å². The van der Waals surface area contributed by atoms with Gasteiger partial charge in [0.05, 0.1) is 0 Å². The molecule has 1 heterocycles. The second-order valence-electron chi connectivity index (χ2n) is 4.12. The van der Waals surface area contributed by atoms with Crippen LogP contribution in [0.5, 0.6) is 0 Å². The minimum atomic E-state index is -0.0348. The maximum absolute atomic E-state index is 11.8. The quantitative estimate of drug-likeness (QED) is 0.788. The molecule has 2 rings (SSSR count). The fraction of sp³-hybridized carbons (Fsp3) is 0.214. The Morgan fingerprint density at radius 1 is 1.47 bits per heavy atom. The number of H-pyrrole nitrogens is 1. The number of aromatic amines is 1. The van der Waals surface area contributed by atoms with E-state index in [1.807, 2.05) is 43.3 Å². The van der Waals surface area contributed by atoms with Gasteiger partial charge in [0.15, 0.2) is 0 Å². The van der Waals surface area contributed by atoms with Gasteiger partial charge in [-0.15, -0.1) is 6.58 Å². The molecule has 1 atom stereocenters. The minimum Gasteiger partial charge on any atom is -0.322 e. The predicted molar refractivity (Wildman–Crippen MR) is 71.1 cm³/mol. The molecule has 2 aromatic rings. The summed E-state index contributed by atoms with van der Waals surface area (Å²) in [5.74, 6) is 0. The molecule has 0 aliphatic rings. The van der Waals surface area contributed by atoms with E-state index in [9.17, 15) is 4.79 Å². The monoisotopic (exact) mass is 228 g/mol. The van der Waals surface area contributed by atoms with Crippen LogP contribution < -0.4 is 10.9 Å². The van der Waals surface area contributed by atoms with Crippen LogP contribution in [0.1, 0.15) is 12.5 Å². The average Bonchev–Trinajstić information content (AvgIpc) is 2.35. The lowest BCUT2D eigenvalue weighted by atomic mass is 10.1. The smallest absolute Gasteiger partial charge is 0.252 e. The second kappa shape index (κ2) is 4.97. The van der Waals surface area contributed by atoms with E-state index in [1.54, 1.807) is 0 Å². The van der Waals surface area contributed by atoms with Crippen LogP contribution in [-0.4, -0.2) is 11.0 Å². The van der Waals surface area contributed by atoms with Gasteiger partial charge in [-0.25, -0.2) is 0 Å². The summed E-state index contributed by atoms with van der Waals surface area (Å²) < 4.78 is 0. The van der Waals surface area contributed by atoms with Gasteiger partial charge < -0.3 is 10.3 Å². The summed E-state index contributed by atoms with van der Waals surface area (Å²) in [4.78, 5) is 14.7. The van der Waals surface area contributed by atoms with Gasteiger partial charge in [0, 0.05) is 23.7 Å². The summed E-state index contributed by atoms with van der Waals surface area (Å²) in [7, 11) is 0. The van der Waals surface area contributed by atoms with E-state index >= 15 is 0 Å². The zero-order chi connectivity index (χ0) is 12.3. The summed E-state index contributed by atoms with van der Waals surface area (Å²) in [5.41, 5.74) is 1.59. The molecule has 1 aromatic carbocycles. The van der Waals surface area contributed by atoms with Crippen molar-refractivity contribution in [2.75, 3.05) is 0 Å². The standard InChI is InChI=1S/C14H16N2O/c1-3-10(2)15-9-12-8-11-6-4-5-7-13(11)16-14(12)17/h3-8,10,15H,1,9H2,2H3,(H,16,17). The van der Waals surface area contributed by atoms with Crippen LogP contribution in [-0.2, 0) is 6.54 Å². The largest absolute Gasteiger partial charge is 0.322 e. The van der Waals surface area contributed by atoms with Crippen LogP contribution >= 0.6 is 0 Å². The van der Waals surface area contributed by atoms with E-state index in [2.05, 4.69) is 16.9 Å². The number of hydrogen-bond acceptors (Lipinski definition) is 2. The van der Waals surface area contributed by atoms with Crippen LogP contribution in [0.4, 0.5) is 0 Å². The Bertz CT molecular complexity index is 586. The molecule has 0 radical (unpaired) electrons. The van der Waals surface area contributed by atoms with Gasteiger partial charge in [-0.2, -0.15) is 0 Å². The van der Waals surface area contributed by atoms with E-state index in [-0.39, 0.29) is 11.6 Å². The fourth-order valence-electron chi connectivity index (χ4n) is 1.68. The molecule has 0 fully saturated rings. The number of hydrogen-bond donors (Lipinski definition) is 2.